The number of nitrogens with zero attached hydrogens (tertiary/aromatic N) is 2. The summed E-state index contributed by atoms with van der Waals surface area (Å²) in [5, 5.41) is 3.69. The number of benzene rings is 2. The molecule has 6 heteroatoms. The molecule has 182 valence electrons. The third-order valence-corrected chi connectivity index (χ3v) is 8.22. The van der Waals surface area contributed by atoms with Crippen molar-refractivity contribution in [3.8, 4) is 11.3 Å². The first-order chi connectivity index (χ1) is 17.2. The Labute approximate surface area is 211 Å². The molecule has 5 nitrogen and oxygen atoms in total. The third-order valence-electron chi connectivity index (χ3n) is 7.25. The van der Waals surface area contributed by atoms with Crippen LogP contribution in [0.15, 0.2) is 60.7 Å². The number of amides is 2. The van der Waals surface area contributed by atoms with Crippen LogP contribution in [-0.4, -0.2) is 34.3 Å². The normalized spacial score (nSPS) is 18.5. The fraction of sp³-hybridized carbons (Fsp3) is 0.414. The Hall–Kier alpha value is -2.99. The van der Waals surface area contributed by atoms with Crippen molar-refractivity contribution in [3.05, 3.63) is 71.1 Å². The van der Waals surface area contributed by atoms with Crippen molar-refractivity contribution >= 4 is 28.3 Å². The summed E-state index contributed by atoms with van der Waals surface area (Å²) in [7, 11) is 0. The first kappa shape index (κ1) is 23.7. The second-order valence-corrected chi connectivity index (χ2v) is 10.8. The Balaban J connectivity index is 1.34. The maximum absolute atomic E-state index is 13.4. The van der Waals surface area contributed by atoms with E-state index in [-0.39, 0.29) is 11.8 Å². The predicted octanol–water partition coefficient (Wildman–Crippen LogP) is 6.30. The van der Waals surface area contributed by atoms with Gasteiger partial charge in [-0.15, -0.1) is 11.3 Å². The van der Waals surface area contributed by atoms with Crippen LogP contribution in [0.2, 0.25) is 0 Å². The Morgan fingerprint density at radius 2 is 1.60 bits per heavy atom. The first-order valence-electron chi connectivity index (χ1n) is 12.9. The zero-order valence-corrected chi connectivity index (χ0v) is 20.9. The van der Waals surface area contributed by atoms with E-state index in [1.54, 1.807) is 0 Å². The highest BCUT2D eigenvalue weighted by Crippen LogP contribution is 2.34. The SMILES string of the molecule is O=C(Nc1nc(-c2ccccc2)c(Cc2ccccc2)s1)C1CCCCN1C(=O)CC1CCCC1. The summed E-state index contributed by atoms with van der Waals surface area (Å²) in [5.41, 5.74) is 3.16. The zero-order chi connectivity index (χ0) is 24.0. The van der Waals surface area contributed by atoms with Crippen molar-refractivity contribution < 1.29 is 9.59 Å². The lowest BCUT2D eigenvalue weighted by Crippen LogP contribution is -2.50. The molecule has 35 heavy (non-hydrogen) atoms. The quantitative estimate of drug-likeness (QED) is 0.425. The lowest BCUT2D eigenvalue weighted by atomic mass is 9.98. The Bertz CT molecular complexity index is 1140. The highest BCUT2D eigenvalue weighted by Gasteiger charge is 2.34. The number of carbonyl (C=O) groups excluding carboxylic acids is 2. The highest BCUT2D eigenvalue weighted by atomic mass is 32.1. The molecule has 1 atom stereocenters. The molecule has 1 aliphatic heterocycles. The molecule has 1 saturated carbocycles. The third kappa shape index (κ3) is 5.81. The van der Waals surface area contributed by atoms with Crippen LogP contribution in [0.5, 0.6) is 0 Å². The van der Waals surface area contributed by atoms with E-state index in [2.05, 4.69) is 29.6 Å². The number of hydrogen-bond acceptors (Lipinski definition) is 4. The van der Waals surface area contributed by atoms with E-state index in [0.29, 0.717) is 24.0 Å². The Kier molecular flexibility index (Phi) is 7.57. The van der Waals surface area contributed by atoms with Crippen molar-refractivity contribution in [1.82, 2.24) is 9.88 Å². The second-order valence-electron chi connectivity index (χ2n) is 9.76. The van der Waals surface area contributed by atoms with Gasteiger partial charge in [0.05, 0.1) is 5.69 Å². The van der Waals surface area contributed by atoms with E-state index in [4.69, 9.17) is 4.98 Å². The van der Waals surface area contributed by atoms with Crippen LogP contribution in [-0.2, 0) is 16.0 Å². The number of aromatic nitrogens is 1. The van der Waals surface area contributed by atoms with E-state index in [0.717, 1.165) is 54.7 Å². The summed E-state index contributed by atoms with van der Waals surface area (Å²) in [4.78, 5) is 34.3. The molecule has 1 aliphatic carbocycles. The van der Waals surface area contributed by atoms with Gasteiger partial charge in [0.25, 0.3) is 0 Å². The van der Waals surface area contributed by atoms with Gasteiger partial charge in [-0.3, -0.25) is 9.59 Å². The van der Waals surface area contributed by atoms with E-state index < -0.39 is 6.04 Å². The van der Waals surface area contributed by atoms with Gasteiger partial charge in [0.15, 0.2) is 5.13 Å². The largest absolute Gasteiger partial charge is 0.331 e. The van der Waals surface area contributed by atoms with Crippen LogP contribution >= 0.6 is 11.3 Å². The molecular weight excluding hydrogens is 454 g/mol. The summed E-state index contributed by atoms with van der Waals surface area (Å²) >= 11 is 1.53. The number of hydrogen-bond donors (Lipinski definition) is 1. The molecule has 0 radical (unpaired) electrons. The fourth-order valence-electron chi connectivity index (χ4n) is 5.40. The van der Waals surface area contributed by atoms with Gasteiger partial charge < -0.3 is 10.2 Å². The monoisotopic (exact) mass is 487 g/mol. The fourth-order valence-corrected chi connectivity index (χ4v) is 6.42. The molecule has 2 amide bonds. The lowest BCUT2D eigenvalue weighted by Gasteiger charge is -2.35. The molecule has 5 rings (SSSR count). The molecule has 1 aromatic heterocycles. The van der Waals surface area contributed by atoms with Crippen LogP contribution in [0.1, 0.15) is 61.8 Å². The van der Waals surface area contributed by atoms with Crippen molar-refractivity contribution in [2.75, 3.05) is 11.9 Å². The van der Waals surface area contributed by atoms with Crippen LogP contribution in [0, 0.1) is 5.92 Å². The average Bonchev–Trinajstić information content (AvgIpc) is 3.55. The molecule has 1 saturated heterocycles. The number of rotatable bonds is 7. The summed E-state index contributed by atoms with van der Waals surface area (Å²) in [6.07, 6.45) is 8.73. The van der Waals surface area contributed by atoms with Gasteiger partial charge in [0.1, 0.15) is 6.04 Å². The van der Waals surface area contributed by atoms with Gasteiger partial charge >= 0.3 is 0 Å². The van der Waals surface area contributed by atoms with Crippen molar-refractivity contribution in [3.63, 3.8) is 0 Å². The number of carbonyl (C=O) groups is 2. The van der Waals surface area contributed by atoms with E-state index in [1.807, 2.05) is 41.3 Å². The second kappa shape index (κ2) is 11.2. The first-order valence-corrected chi connectivity index (χ1v) is 13.7. The van der Waals surface area contributed by atoms with Crippen molar-refractivity contribution in [1.29, 1.82) is 0 Å². The average molecular weight is 488 g/mol. The maximum Gasteiger partial charge on any atom is 0.248 e. The van der Waals surface area contributed by atoms with Gasteiger partial charge in [0, 0.05) is 29.8 Å². The standard InChI is InChI=1S/C29H33N3O2S/c33-26(20-22-13-7-8-14-22)32-18-10-9-17-24(32)28(34)31-29-30-27(23-15-5-2-6-16-23)25(35-29)19-21-11-3-1-4-12-21/h1-6,11-12,15-16,22,24H,7-10,13-14,17-20H2,(H,30,31,34). The molecule has 2 aromatic carbocycles. The number of anilines is 1. The zero-order valence-electron chi connectivity index (χ0n) is 20.1. The molecule has 0 spiro atoms. The Morgan fingerprint density at radius 1 is 0.914 bits per heavy atom. The van der Waals surface area contributed by atoms with Gasteiger partial charge in [0.2, 0.25) is 11.8 Å². The van der Waals surface area contributed by atoms with Crippen LogP contribution in [0.4, 0.5) is 5.13 Å². The molecule has 2 heterocycles. The minimum absolute atomic E-state index is 0.107. The van der Waals surface area contributed by atoms with Crippen LogP contribution in [0.3, 0.4) is 0 Å². The topological polar surface area (TPSA) is 62.3 Å². The summed E-state index contributed by atoms with van der Waals surface area (Å²) in [6.45, 7) is 0.677. The van der Waals surface area contributed by atoms with Crippen molar-refractivity contribution in [2.24, 2.45) is 5.92 Å². The maximum atomic E-state index is 13.4. The van der Waals surface area contributed by atoms with Crippen LogP contribution in [0.25, 0.3) is 11.3 Å². The van der Waals surface area contributed by atoms with Gasteiger partial charge in [-0.05, 0) is 43.6 Å². The summed E-state index contributed by atoms with van der Waals surface area (Å²) in [5.74, 6) is 0.524. The highest BCUT2D eigenvalue weighted by molar-refractivity contribution is 7.16. The van der Waals surface area contributed by atoms with E-state index >= 15 is 0 Å². The van der Waals surface area contributed by atoms with E-state index in [9.17, 15) is 9.59 Å². The molecule has 0 bridgehead atoms. The number of nitrogens with one attached hydrogen (secondary N) is 1. The predicted molar refractivity (Wildman–Crippen MR) is 141 cm³/mol. The summed E-state index contributed by atoms with van der Waals surface area (Å²) in [6, 6.07) is 20.1. The molecule has 1 unspecified atom stereocenters. The van der Waals surface area contributed by atoms with E-state index in [1.165, 1.54) is 29.7 Å². The lowest BCUT2D eigenvalue weighted by molar-refractivity contribution is -0.141. The molecule has 2 fully saturated rings. The number of piperidine rings is 1. The minimum atomic E-state index is -0.403. The van der Waals surface area contributed by atoms with Gasteiger partial charge in [-0.2, -0.15) is 0 Å². The summed E-state index contributed by atoms with van der Waals surface area (Å²) < 4.78 is 0. The smallest absolute Gasteiger partial charge is 0.248 e. The van der Waals surface area contributed by atoms with Crippen molar-refractivity contribution in [2.45, 2.75) is 63.8 Å². The molecule has 3 aromatic rings. The van der Waals surface area contributed by atoms with Gasteiger partial charge in [-0.1, -0.05) is 73.5 Å². The Morgan fingerprint density at radius 3 is 2.34 bits per heavy atom. The number of thiazole rings is 1. The van der Waals surface area contributed by atoms with Crippen LogP contribution < -0.4 is 5.32 Å². The molecular formula is C29H33N3O2S. The molecule has 1 N–H and O–H groups in total. The minimum Gasteiger partial charge on any atom is -0.331 e. The number of likely N-dealkylation sites (tertiary alicyclic amines) is 1. The molecule has 2 aliphatic rings. The van der Waals surface area contributed by atoms with Gasteiger partial charge in [-0.25, -0.2) is 4.98 Å².